The Bertz CT molecular complexity index is 848. The predicted molar refractivity (Wildman–Crippen MR) is 95.9 cm³/mol. The van der Waals surface area contributed by atoms with Gasteiger partial charge in [0.15, 0.2) is 0 Å². The molecule has 1 amide bonds. The Balaban J connectivity index is 1.46. The molecule has 3 heterocycles. The monoisotopic (exact) mass is 340 g/mol. The molecule has 0 spiro atoms. The lowest BCUT2D eigenvalue weighted by atomic mass is 10.0. The normalized spacial score (nSPS) is 18.7. The minimum Gasteiger partial charge on any atom is -0.338 e. The van der Waals surface area contributed by atoms with Gasteiger partial charge in [0, 0.05) is 31.5 Å². The van der Waals surface area contributed by atoms with Crippen LogP contribution < -0.4 is 10.9 Å². The lowest BCUT2D eigenvalue weighted by Crippen LogP contribution is -2.46. The van der Waals surface area contributed by atoms with E-state index in [1.54, 1.807) is 17.2 Å². The van der Waals surface area contributed by atoms with Crippen LogP contribution in [0.1, 0.15) is 41.6 Å². The number of hydrogen-bond acceptors (Lipinski definition) is 4. The highest BCUT2D eigenvalue weighted by molar-refractivity contribution is 5.93. The molecule has 25 heavy (non-hydrogen) atoms. The molecule has 6 heteroatoms. The summed E-state index contributed by atoms with van der Waals surface area (Å²) in [6, 6.07) is 4.19. The lowest BCUT2D eigenvalue weighted by molar-refractivity contribution is 0.0702. The summed E-state index contributed by atoms with van der Waals surface area (Å²) in [6.45, 7) is 4.40. The average molecular weight is 340 g/mol. The Kier molecular flexibility index (Phi) is 4.29. The van der Waals surface area contributed by atoms with E-state index in [0.29, 0.717) is 24.8 Å². The molecular weight excluding hydrogens is 316 g/mol. The molecular formula is C19H24N4O2. The summed E-state index contributed by atoms with van der Waals surface area (Å²) in [4.78, 5) is 31.5. The number of nitrogens with zero attached hydrogens (tertiary/aromatic N) is 3. The Morgan fingerprint density at radius 2 is 2.00 bits per heavy atom. The van der Waals surface area contributed by atoms with Crippen LogP contribution in [-0.4, -0.2) is 45.9 Å². The first-order chi connectivity index (χ1) is 12.1. The van der Waals surface area contributed by atoms with Crippen molar-refractivity contribution in [2.45, 2.75) is 38.6 Å². The standard InChI is InChI=1S/C19H24N4O2/c1-13-2-5-17-21-11-16(19(25)23(17)12-13)18(24)22-8-6-15(7-9-22)20-10-14-3-4-14/h2,5,11-12,14-15,20H,3-4,6-10H2,1H3. The number of aromatic nitrogens is 2. The first-order valence-corrected chi connectivity index (χ1v) is 9.12. The van der Waals surface area contributed by atoms with Gasteiger partial charge in [0.2, 0.25) is 0 Å². The summed E-state index contributed by atoms with van der Waals surface area (Å²) >= 11 is 0. The second kappa shape index (κ2) is 6.59. The second-order valence-corrected chi connectivity index (χ2v) is 7.33. The molecule has 0 aromatic carbocycles. The van der Waals surface area contributed by atoms with Gasteiger partial charge < -0.3 is 10.2 Å². The summed E-state index contributed by atoms with van der Waals surface area (Å²) in [5, 5.41) is 3.61. The number of amides is 1. The van der Waals surface area contributed by atoms with Gasteiger partial charge in [0.05, 0.1) is 0 Å². The minimum atomic E-state index is -0.285. The Morgan fingerprint density at radius 1 is 1.24 bits per heavy atom. The molecule has 1 aliphatic carbocycles. The Morgan fingerprint density at radius 3 is 2.72 bits per heavy atom. The fourth-order valence-electron chi connectivity index (χ4n) is 3.44. The molecule has 4 rings (SSSR count). The van der Waals surface area contributed by atoms with Crippen molar-refractivity contribution in [3.8, 4) is 0 Å². The van der Waals surface area contributed by atoms with Crippen LogP contribution in [0.25, 0.3) is 5.65 Å². The SMILES string of the molecule is Cc1ccc2ncc(C(=O)N3CCC(NCC4CC4)CC3)c(=O)n2c1. The number of hydrogen-bond donors (Lipinski definition) is 1. The van der Waals surface area contributed by atoms with E-state index in [4.69, 9.17) is 0 Å². The third kappa shape index (κ3) is 3.44. The molecule has 1 saturated carbocycles. The quantitative estimate of drug-likeness (QED) is 0.918. The largest absolute Gasteiger partial charge is 0.338 e. The molecule has 2 aromatic rings. The van der Waals surface area contributed by atoms with Gasteiger partial charge in [0.1, 0.15) is 11.2 Å². The maximum absolute atomic E-state index is 12.8. The number of likely N-dealkylation sites (tertiary alicyclic amines) is 1. The molecule has 1 saturated heterocycles. The summed E-state index contributed by atoms with van der Waals surface area (Å²) in [6.07, 6.45) is 7.74. The van der Waals surface area contributed by atoms with Crippen molar-refractivity contribution in [2.75, 3.05) is 19.6 Å². The van der Waals surface area contributed by atoms with E-state index in [-0.39, 0.29) is 17.0 Å². The Labute approximate surface area is 146 Å². The zero-order valence-electron chi connectivity index (χ0n) is 14.6. The van der Waals surface area contributed by atoms with Crippen LogP contribution in [0, 0.1) is 12.8 Å². The van der Waals surface area contributed by atoms with Crippen molar-refractivity contribution >= 4 is 11.6 Å². The maximum Gasteiger partial charge on any atom is 0.270 e. The predicted octanol–water partition coefficient (Wildman–Crippen LogP) is 1.61. The zero-order chi connectivity index (χ0) is 17.4. The minimum absolute atomic E-state index is 0.160. The van der Waals surface area contributed by atoms with Gasteiger partial charge in [-0.05, 0) is 56.7 Å². The molecule has 0 unspecified atom stereocenters. The maximum atomic E-state index is 12.8. The van der Waals surface area contributed by atoms with Crippen LogP contribution >= 0.6 is 0 Å². The van der Waals surface area contributed by atoms with Gasteiger partial charge in [0.25, 0.3) is 11.5 Å². The summed E-state index contributed by atoms with van der Waals surface area (Å²) in [7, 11) is 0. The number of carbonyl (C=O) groups excluding carboxylic acids is 1. The van der Waals surface area contributed by atoms with Crippen molar-refractivity contribution in [3.05, 3.63) is 46.0 Å². The molecule has 0 atom stereocenters. The second-order valence-electron chi connectivity index (χ2n) is 7.33. The first-order valence-electron chi connectivity index (χ1n) is 9.12. The highest BCUT2D eigenvalue weighted by Crippen LogP contribution is 2.28. The van der Waals surface area contributed by atoms with Crippen LogP contribution in [0.3, 0.4) is 0 Å². The first kappa shape index (κ1) is 16.3. The van der Waals surface area contributed by atoms with Gasteiger partial charge in [-0.25, -0.2) is 4.98 Å². The van der Waals surface area contributed by atoms with E-state index < -0.39 is 0 Å². The lowest BCUT2D eigenvalue weighted by Gasteiger charge is -2.32. The highest BCUT2D eigenvalue weighted by atomic mass is 16.2. The van der Waals surface area contributed by atoms with Crippen molar-refractivity contribution in [2.24, 2.45) is 5.92 Å². The van der Waals surface area contributed by atoms with E-state index in [2.05, 4.69) is 10.3 Å². The molecule has 2 fully saturated rings. The molecule has 2 aromatic heterocycles. The van der Waals surface area contributed by atoms with Gasteiger partial charge in [-0.15, -0.1) is 0 Å². The third-order valence-electron chi connectivity index (χ3n) is 5.25. The molecule has 0 radical (unpaired) electrons. The van der Waals surface area contributed by atoms with Crippen molar-refractivity contribution in [3.63, 3.8) is 0 Å². The molecule has 2 aliphatic rings. The van der Waals surface area contributed by atoms with Crippen molar-refractivity contribution in [1.82, 2.24) is 19.6 Å². The summed E-state index contributed by atoms with van der Waals surface area (Å²) in [5.41, 5.74) is 1.40. The fourth-order valence-corrected chi connectivity index (χ4v) is 3.44. The van der Waals surface area contributed by atoms with Crippen molar-refractivity contribution in [1.29, 1.82) is 0 Å². The van der Waals surface area contributed by atoms with Crippen molar-refractivity contribution < 1.29 is 4.79 Å². The molecule has 0 bridgehead atoms. The zero-order valence-corrected chi connectivity index (χ0v) is 14.6. The number of aryl methyl sites for hydroxylation is 1. The van der Waals surface area contributed by atoms with E-state index in [1.165, 1.54) is 23.4 Å². The van der Waals surface area contributed by atoms with Gasteiger partial charge in [-0.1, -0.05) is 6.07 Å². The average Bonchev–Trinajstić information content (AvgIpc) is 3.45. The molecule has 6 nitrogen and oxygen atoms in total. The molecule has 132 valence electrons. The van der Waals surface area contributed by atoms with Crippen LogP contribution in [0.15, 0.2) is 29.3 Å². The number of pyridine rings is 1. The van der Waals surface area contributed by atoms with E-state index >= 15 is 0 Å². The molecule has 1 N–H and O–H groups in total. The fraction of sp³-hybridized carbons (Fsp3) is 0.526. The van der Waals surface area contributed by atoms with Crippen LogP contribution in [0.4, 0.5) is 0 Å². The van der Waals surface area contributed by atoms with E-state index in [9.17, 15) is 9.59 Å². The highest BCUT2D eigenvalue weighted by Gasteiger charge is 2.27. The van der Waals surface area contributed by atoms with E-state index in [1.807, 2.05) is 13.0 Å². The number of carbonyl (C=O) groups is 1. The number of rotatable bonds is 4. The van der Waals surface area contributed by atoms with Gasteiger partial charge in [-0.3, -0.25) is 14.0 Å². The van der Waals surface area contributed by atoms with E-state index in [0.717, 1.165) is 30.9 Å². The number of fused-ring (bicyclic) bond motifs is 1. The molecule has 1 aliphatic heterocycles. The Hall–Kier alpha value is -2.21. The topological polar surface area (TPSA) is 66.7 Å². The van der Waals surface area contributed by atoms with Gasteiger partial charge in [-0.2, -0.15) is 0 Å². The summed E-state index contributed by atoms with van der Waals surface area (Å²) < 4.78 is 1.46. The third-order valence-corrected chi connectivity index (χ3v) is 5.25. The smallest absolute Gasteiger partial charge is 0.270 e. The summed E-state index contributed by atoms with van der Waals surface area (Å²) in [5.74, 6) is 0.667. The van der Waals surface area contributed by atoms with Crippen LogP contribution in [0.2, 0.25) is 0 Å². The van der Waals surface area contributed by atoms with Gasteiger partial charge >= 0.3 is 0 Å². The number of piperidine rings is 1. The number of nitrogens with one attached hydrogen (secondary N) is 1. The van der Waals surface area contributed by atoms with Crippen LogP contribution in [0.5, 0.6) is 0 Å². The van der Waals surface area contributed by atoms with Crippen LogP contribution in [-0.2, 0) is 0 Å².